The molecule has 0 fully saturated rings. The molecule has 0 spiro atoms. The maximum atomic E-state index is 12.7. The molecule has 0 bridgehead atoms. The first-order chi connectivity index (χ1) is 6.88. The molecule has 6 heteroatoms. The monoisotopic (exact) mass is 346 g/mol. The zero-order valence-corrected chi connectivity index (χ0v) is 10.8. The van der Waals surface area contributed by atoms with Crippen LogP contribution in [0, 0.1) is 0 Å². The van der Waals surface area contributed by atoms with Crippen LogP contribution in [0.4, 0.5) is 13.2 Å². The van der Waals surface area contributed by atoms with E-state index in [1.54, 1.807) is 6.92 Å². The molecule has 1 aromatic rings. The molecular weight excluding hydrogens is 341 g/mol. The van der Waals surface area contributed by atoms with Gasteiger partial charge in [0.25, 0.3) is 0 Å². The fraction of sp³-hybridized carbons (Fsp3) is 0.333. The van der Waals surface area contributed by atoms with Gasteiger partial charge in [0.15, 0.2) is 0 Å². The lowest BCUT2D eigenvalue weighted by Gasteiger charge is -2.15. The maximum Gasteiger partial charge on any atom is 0.421 e. The van der Waals surface area contributed by atoms with Crippen LogP contribution in [0.1, 0.15) is 12.5 Å². The summed E-state index contributed by atoms with van der Waals surface area (Å²) < 4.78 is 43.3. The summed E-state index contributed by atoms with van der Waals surface area (Å²) in [5, 5.41) is 0. The second-order valence-corrected chi connectivity index (χ2v) is 4.31. The minimum atomic E-state index is -4.44. The van der Waals surface area contributed by atoms with E-state index in [-0.39, 0.29) is 16.8 Å². The Morgan fingerprint density at radius 1 is 1.27 bits per heavy atom. The van der Waals surface area contributed by atoms with Crippen molar-refractivity contribution >= 4 is 31.9 Å². The number of ether oxygens (including phenoxy) is 1. The Bertz CT molecular complexity index is 363. The predicted molar refractivity (Wildman–Crippen MR) is 58.0 cm³/mol. The first-order valence-electron chi connectivity index (χ1n) is 4.06. The molecule has 15 heavy (non-hydrogen) atoms. The van der Waals surface area contributed by atoms with Gasteiger partial charge in [-0.1, -0.05) is 0 Å². The average molecular weight is 348 g/mol. The molecule has 84 valence electrons. The Morgan fingerprint density at radius 3 is 2.33 bits per heavy atom. The Balaban J connectivity index is 3.35. The van der Waals surface area contributed by atoms with E-state index in [1.807, 2.05) is 0 Å². The number of rotatable bonds is 2. The summed E-state index contributed by atoms with van der Waals surface area (Å²) in [6.45, 7) is 1.83. The van der Waals surface area contributed by atoms with Crippen molar-refractivity contribution in [3.63, 3.8) is 0 Å². The zero-order valence-electron chi connectivity index (χ0n) is 7.66. The van der Waals surface area contributed by atoms with Crippen molar-refractivity contribution in [1.29, 1.82) is 0 Å². The van der Waals surface area contributed by atoms with Crippen LogP contribution in [0.15, 0.2) is 21.1 Å². The molecule has 0 aliphatic heterocycles. The van der Waals surface area contributed by atoms with E-state index in [4.69, 9.17) is 4.74 Å². The van der Waals surface area contributed by atoms with Crippen molar-refractivity contribution in [2.75, 3.05) is 6.61 Å². The third-order valence-electron chi connectivity index (χ3n) is 1.64. The van der Waals surface area contributed by atoms with Crippen LogP contribution in [0.2, 0.25) is 0 Å². The van der Waals surface area contributed by atoms with E-state index in [9.17, 15) is 13.2 Å². The minimum absolute atomic E-state index is 0.0408. The second-order valence-electron chi connectivity index (χ2n) is 2.67. The highest BCUT2D eigenvalue weighted by Crippen LogP contribution is 2.44. The van der Waals surface area contributed by atoms with Gasteiger partial charge in [0.05, 0.1) is 6.61 Å². The lowest BCUT2D eigenvalue weighted by molar-refractivity contribution is -0.139. The van der Waals surface area contributed by atoms with Crippen molar-refractivity contribution in [3.05, 3.63) is 26.6 Å². The lowest BCUT2D eigenvalue weighted by atomic mass is 10.2. The van der Waals surface area contributed by atoms with E-state index in [2.05, 4.69) is 31.9 Å². The summed E-state index contributed by atoms with van der Waals surface area (Å²) in [6, 6.07) is 2.80. The van der Waals surface area contributed by atoms with Crippen LogP contribution in [0.25, 0.3) is 0 Å². The van der Waals surface area contributed by atoms with Gasteiger partial charge in [0.2, 0.25) is 0 Å². The summed E-state index contributed by atoms with van der Waals surface area (Å²) in [6.07, 6.45) is -4.44. The van der Waals surface area contributed by atoms with E-state index in [1.165, 1.54) is 12.1 Å². The smallest absolute Gasteiger partial charge is 0.421 e. The Morgan fingerprint density at radius 2 is 1.87 bits per heavy atom. The third-order valence-corrected chi connectivity index (χ3v) is 3.66. The van der Waals surface area contributed by atoms with Crippen molar-refractivity contribution in [2.24, 2.45) is 0 Å². The highest BCUT2D eigenvalue weighted by atomic mass is 79.9. The van der Waals surface area contributed by atoms with Gasteiger partial charge in [-0.05, 0) is 50.9 Å². The minimum Gasteiger partial charge on any atom is -0.493 e. The highest BCUT2D eigenvalue weighted by molar-refractivity contribution is 9.13. The third kappa shape index (κ3) is 2.87. The molecule has 0 saturated heterocycles. The molecule has 0 heterocycles. The van der Waals surface area contributed by atoms with Gasteiger partial charge in [-0.2, -0.15) is 13.2 Å². The average Bonchev–Trinajstić information content (AvgIpc) is 2.10. The zero-order chi connectivity index (χ0) is 11.6. The Hall–Kier alpha value is -0.230. The van der Waals surface area contributed by atoms with Crippen molar-refractivity contribution in [3.8, 4) is 5.75 Å². The number of hydrogen-bond acceptors (Lipinski definition) is 1. The largest absolute Gasteiger partial charge is 0.493 e. The predicted octanol–water partition coefficient (Wildman–Crippen LogP) is 4.63. The van der Waals surface area contributed by atoms with Crippen LogP contribution in [-0.2, 0) is 6.18 Å². The SMILES string of the molecule is CCOc1ccc(Br)c(Br)c1C(F)(F)F. The van der Waals surface area contributed by atoms with Gasteiger partial charge in [0.1, 0.15) is 11.3 Å². The summed E-state index contributed by atoms with van der Waals surface area (Å²) in [5.74, 6) is -0.167. The Labute approximate surface area is 102 Å². The molecule has 1 nitrogen and oxygen atoms in total. The van der Waals surface area contributed by atoms with Crippen LogP contribution < -0.4 is 4.74 Å². The molecular formula is C9H7Br2F3O. The molecule has 0 aliphatic rings. The van der Waals surface area contributed by atoms with E-state index < -0.39 is 11.7 Å². The topological polar surface area (TPSA) is 9.23 Å². The Kier molecular flexibility index (Phi) is 4.06. The fourth-order valence-electron chi connectivity index (χ4n) is 1.07. The number of benzene rings is 1. The molecule has 0 N–H and O–H groups in total. The van der Waals surface area contributed by atoms with Crippen molar-refractivity contribution in [2.45, 2.75) is 13.1 Å². The van der Waals surface area contributed by atoms with Crippen molar-refractivity contribution < 1.29 is 17.9 Å². The van der Waals surface area contributed by atoms with E-state index in [0.29, 0.717) is 4.47 Å². The molecule has 0 aliphatic carbocycles. The number of halogens is 5. The molecule has 0 saturated carbocycles. The maximum absolute atomic E-state index is 12.7. The van der Waals surface area contributed by atoms with Gasteiger partial charge < -0.3 is 4.74 Å². The summed E-state index contributed by atoms with van der Waals surface area (Å²) >= 11 is 5.91. The molecule has 0 atom stereocenters. The lowest BCUT2D eigenvalue weighted by Crippen LogP contribution is -2.10. The molecule has 1 rings (SSSR count). The normalized spacial score (nSPS) is 11.6. The van der Waals surface area contributed by atoms with Gasteiger partial charge in [-0.15, -0.1) is 0 Å². The van der Waals surface area contributed by atoms with Crippen LogP contribution in [-0.4, -0.2) is 6.61 Å². The van der Waals surface area contributed by atoms with Gasteiger partial charge in [-0.3, -0.25) is 0 Å². The van der Waals surface area contributed by atoms with Crippen LogP contribution in [0.3, 0.4) is 0 Å². The summed E-state index contributed by atoms with van der Waals surface area (Å²) in [7, 11) is 0. The molecule has 0 aromatic heterocycles. The molecule has 0 radical (unpaired) electrons. The van der Waals surface area contributed by atoms with Gasteiger partial charge in [0, 0.05) is 8.95 Å². The van der Waals surface area contributed by atoms with E-state index in [0.717, 1.165) is 0 Å². The summed E-state index contributed by atoms with van der Waals surface area (Å²) in [5.41, 5.74) is -0.793. The van der Waals surface area contributed by atoms with Crippen LogP contribution in [0.5, 0.6) is 5.75 Å². The van der Waals surface area contributed by atoms with Gasteiger partial charge >= 0.3 is 6.18 Å². The molecule has 0 unspecified atom stereocenters. The molecule has 0 amide bonds. The van der Waals surface area contributed by atoms with Crippen LogP contribution >= 0.6 is 31.9 Å². The first kappa shape index (κ1) is 12.8. The highest BCUT2D eigenvalue weighted by Gasteiger charge is 2.37. The van der Waals surface area contributed by atoms with E-state index >= 15 is 0 Å². The number of alkyl halides is 3. The first-order valence-corrected chi connectivity index (χ1v) is 5.64. The second kappa shape index (κ2) is 4.74. The number of hydrogen-bond donors (Lipinski definition) is 0. The molecule has 1 aromatic carbocycles. The van der Waals surface area contributed by atoms with Gasteiger partial charge in [-0.25, -0.2) is 0 Å². The fourth-order valence-corrected chi connectivity index (χ4v) is 1.96. The quantitative estimate of drug-likeness (QED) is 0.758. The summed E-state index contributed by atoms with van der Waals surface area (Å²) in [4.78, 5) is 0. The standard InChI is InChI=1S/C9H7Br2F3O/c1-2-15-6-4-3-5(10)8(11)7(6)9(12,13)14/h3-4H,2H2,1H3. The van der Waals surface area contributed by atoms with Crippen molar-refractivity contribution in [1.82, 2.24) is 0 Å².